The van der Waals surface area contributed by atoms with E-state index in [0.29, 0.717) is 0 Å². The molecular weight excluding hydrogens is 184 g/mol. The maximum Gasteiger partial charge on any atom is 0.0229 e. The third-order valence-corrected chi connectivity index (χ3v) is 4.18. The van der Waals surface area contributed by atoms with Gasteiger partial charge in [0.1, 0.15) is 0 Å². The van der Waals surface area contributed by atoms with Crippen LogP contribution in [0.15, 0.2) is 30.3 Å². The zero-order valence-electron chi connectivity index (χ0n) is 6.90. The molecular formula is C10H12S2. The molecule has 1 heterocycles. The van der Waals surface area contributed by atoms with Crippen LogP contribution in [-0.4, -0.2) is 16.8 Å². The molecule has 64 valence electrons. The molecule has 0 saturated carbocycles. The van der Waals surface area contributed by atoms with Gasteiger partial charge in [0, 0.05) is 22.5 Å². The third-order valence-electron chi connectivity index (χ3n) is 1.82. The zero-order valence-corrected chi connectivity index (χ0v) is 8.53. The zero-order chi connectivity index (χ0) is 8.23. The van der Waals surface area contributed by atoms with Gasteiger partial charge < -0.3 is 0 Å². The van der Waals surface area contributed by atoms with E-state index < -0.39 is 0 Å². The van der Waals surface area contributed by atoms with Crippen molar-refractivity contribution in [1.82, 2.24) is 0 Å². The molecule has 1 atom stereocenters. The SMILES string of the molecule is c1ccc(CSCC2CS2)cc1. The van der Waals surface area contributed by atoms with E-state index in [1.54, 1.807) is 0 Å². The van der Waals surface area contributed by atoms with Crippen molar-refractivity contribution >= 4 is 23.5 Å². The van der Waals surface area contributed by atoms with Gasteiger partial charge >= 0.3 is 0 Å². The Hall–Kier alpha value is -0.0800. The molecule has 1 unspecified atom stereocenters. The van der Waals surface area contributed by atoms with Gasteiger partial charge in [-0.1, -0.05) is 30.3 Å². The van der Waals surface area contributed by atoms with E-state index in [9.17, 15) is 0 Å². The van der Waals surface area contributed by atoms with Crippen LogP contribution >= 0.6 is 23.5 Å². The Bertz CT molecular complexity index is 229. The molecule has 1 aromatic rings. The number of rotatable bonds is 4. The van der Waals surface area contributed by atoms with E-state index in [2.05, 4.69) is 53.9 Å². The first-order valence-corrected chi connectivity index (χ1v) is 6.39. The average molecular weight is 196 g/mol. The van der Waals surface area contributed by atoms with Gasteiger partial charge in [0.2, 0.25) is 0 Å². The van der Waals surface area contributed by atoms with Crippen LogP contribution in [0.2, 0.25) is 0 Å². The van der Waals surface area contributed by atoms with Gasteiger partial charge in [-0.3, -0.25) is 0 Å². The van der Waals surface area contributed by atoms with E-state index in [1.165, 1.54) is 22.8 Å². The van der Waals surface area contributed by atoms with Crippen molar-refractivity contribution in [3.05, 3.63) is 35.9 Å². The Labute approximate surface area is 82.1 Å². The van der Waals surface area contributed by atoms with E-state index in [4.69, 9.17) is 0 Å². The summed E-state index contributed by atoms with van der Waals surface area (Å²) in [5.41, 5.74) is 1.45. The van der Waals surface area contributed by atoms with E-state index in [0.717, 1.165) is 5.25 Å². The second-order valence-electron chi connectivity index (χ2n) is 2.96. The topological polar surface area (TPSA) is 0 Å². The molecule has 1 aliphatic rings. The highest BCUT2D eigenvalue weighted by Gasteiger charge is 2.21. The van der Waals surface area contributed by atoms with Crippen LogP contribution in [0.3, 0.4) is 0 Å². The lowest BCUT2D eigenvalue weighted by molar-refractivity contribution is 1.26. The summed E-state index contributed by atoms with van der Waals surface area (Å²) in [5.74, 6) is 3.90. The van der Waals surface area contributed by atoms with Crippen molar-refractivity contribution in [1.29, 1.82) is 0 Å². The third kappa shape index (κ3) is 2.76. The van der Waals surface area contributed by atoms with Crippen molar-refractivity contribution in [3.63, 3.8) is 0 Å². The first-order chi connectivity index (χ1) is 5.95. The highest BCUT2D eigenvalue weighted by Crippen LogP contribution is 2.33. The molecule has 1 fully saturated rings. The summed E-state index contributed by atoms with van der Waals surface area (Å²) in [7, 11) is 0. The Balaban J connectivity index is 1.72. The Morgan fingerprint density at radius 3 is 2.75 bits per heavy atom. The maximum absolute atomic E-state index is 2.20. The second kappa shape index (κ2) is 4.24. The van der Waals surface area contributed by atoms with Crippen molar-refractivity contribution in [2.24, 2.45) is 0 Å². The summed E-state index contributed by atoms with van der Waals surface area (Å²) >= 11 is 4.14. The summed E-state index contributed by atoms with van der Waals surface area (Å²) < 4.78 is 0. The first-order valence-electron chi connectivity index (χ1n) is 4.18. The fourth-order valence-corrected chi connectivity index (χ4v) is 3.05. The van der Waals surface area contributed by atoms with Gasteiger partial charge in [-0.15, -0.1) is 0 Å². The van der Waals surface area contributed by atoms with Crippen molar-refractivity contribution in [2.75, 3.05) is 11.5 Å². The second-order valence-corrected chi connectivity index (χ2v) is 5.32. The van der Waals surface area contributed by atoms with Gasteiger partial charge in [0.25, 0.3) is 0 Å². The van der Waals surface area contributed by atoms with Crippen LogP contribution in [-0.2, 0) is 5.75 Å². The standard InChI is InChI=1S/C10H12S2/c1-2-4-9(5-3-1)6-11-7-10-8-12-10/h1-5,10H,6-8H2. The molecule has 2 rings (SSSR count). The van der Waals surface area contributed by atoms with Gasteiger partial charge in [0.15, 0.2) is 0 Å². The fourth-order valence-electron chi connectivity index (χ4n) is 1.05. The minimum absolute atomic E-state index is 0.971. The number of thioether (sulfide) groups is 2. The monoisotopic (exact) mass is 196 g/mol. The molecule has 0 aliphatic carbocycles. The highest BCUT2D eigenvalue weighted by molar-refractivity contribution is 8.08. The summed E-state index contributed by atoms with van der Waals surface area (Å²) in [6, 6.07) is 10.7. The lowest BCUT2D eigenvalue weighted by Crippen LogP contribution is -1.88. The predicted molar refractivity (Wildman–Crippen MR) is 58.9 cm³/mol. The van der Waals surface area contributed by atoms with Gasteiger partial charge in [0.05, 0.1) is 0 Å². The summed E-state index contributed by atoms with van der Waals surface area (Å²) in [5, 5.41) is 0.971. The molecule has 12 heavy (non-hydrogen) atoms. The fraction of sp³-hybridized carbons (Fsp3) is 0.400. The molecule has 0 spiro atoms. The summed E-state index contributed by atoms with van der Waals surface area (Å²) in [4.78, 5) is 0. The molecule has 1 saturated heterocycles. The van der Waals surface area contributed by atoms with Crippen LogP contribution in [0.5, 0.6) is 0 Å². The summed E-state index contributed by atoms with van der Waals surface area (Å²) in [6.45, 7) is 0. The van der Waals surface area contributed by atoms with Crippen LogP contribution in [0.4, 0.5) is 0 Å². The Kier molecular flexibility index (Phi) is 3.01. The van der Waals surface area contributed by atoms with E-state index in [1.807, 2.05) is 0 Å². The predicted octanol–water partition coefficient (Wildman–Crippen LogP) is 3.04. The van der Waals surface area contributed by atoms with E-state index in [-0.39, 0.29) is 0 Å². The van der Waals surface area contributed by atoms with Crippen LogP contribution in [0.25, 0.3) is 0 Å². The highest BCUT2D eigenvalue weighted by atomic mass is 32.2. The first kappa shape index (κ1) is 8.52. The van der Waals surface area contributed by atoms with Crippen molar-refractivity contribution < 1.29 is 0 Å². The van der Waals surface area contributed by atoms with Gasteiger partial charge in [-0.05, 0) is 5.56 Å². The quantitative estimate of drug-likeness (QED) is 0.679. The van der Waals surface area contributed by atoms with Crippen LogP contribution < -0.4 is 0 Å². The molecule has 2 heteroatoms. The number of benzene rings is 1. The Morgan fingerprint density at radius 2 is 2.08 bits per heavy atom. The molecule has 1 aromatic carbocycles. The van der Waals surface area contributed by atoms with Crippen LogP contribution in [0.1, 0.15) is 5.56 Å². The maximum atomic E-state index is 2.20. The molecule has 0 nitrogen and oxygen atoms in total. The number of hydrogen-bond donors (Lipinski definition) is 0. The normalized spacial score (nSPS) is 20.8. The molecule has 0 amide bonds. The lowest BCUT2D eigenvalue weighted by atomic mass is 10.2. The molecule has 1 aliphatic heterocycles. The molecule has 0 radical (unpaired) electrons. The number of hydrogen-bond acceptors (Lipinski definition) is 2. The van der Waals surface area contributed by atoms with E-state index >= 15 is 0 Å². The largest absolute Gasteiger partial charge is 0.156 e. The van der Waals surface area contributed by atoms with Gasteiger partial charge in [-0.25, -0.2) is 0 Å². The molecule has 0 aromatic heterocycles. The van der Waals surface area contributed by atoms with Gasteiger partial charge in [-0.2, -0.15) is 23.5 Å². The smallest absolute Gasteiger partial charge is 0.0229 e. The minimum atomic E-state index is 0.971. The van der Waals surface area contributed by atoms with Crippen LogP contribution in [0, 0.1) is 0 Å². The average Bonchev–Trinajstić information content (AvgIpc) is 2.90. The molecule has 0 N–H and O–H groups in total. The minimum Gasteiger partial charge on any atom is -0.156 e. The molecule has 0 bridgehead atoms. The summed E-state index contributed by atoms with van der Waals surface area (Å²) in [6.07, 6.45) is 0. The Morgan fingerprint density at radius 1 is 1.33 bits per heavy atom. The van der Waals surface area contributed by atoms with Crippen molar-refractivity contribution in [2.45, 2.75) is 11.0 Å². The van der Waals surface area contributed by atoms with Crippen molar-refractivity contribution in [3.8, 4) is 0 Å². The lowest BCUT2D eigenvalue weighted by Gasteiger charge is -1.98.